The zero-order valence-corrected chi connectivity index (χ0v) is 12.8. The molecule has 110 valence electrons. The van der Waals surface area contributed by atoms with Crippen molar-refractivity contribution in [2.45, 2.75) is 38.9 Å². The van der Waals surface area contributed by atoms with E-state index in [2.05, 4.69) is 5.10 Å². The standard InChI is InChI=1S/C15H20BN3O2/c1-14(2)15(3,4)21-16(20-14)11-8-12(17)10-13(9-11)19-7-5-6-18-19/h5-10H,17H2,1-4H3. The number of nitrogens with two attached hydrogens (primary N) is 1. The molecule has 0 spiro atoms. The van der Waals surface area contributed by atoms with Crippen LogP contribution in [0.3, 0.4) is 0 Å². The largest absolute Gasteiger partial charge is 0.494 e. The molecular formula is C15H20BN3O2. The molecule has 0 radical (unpaired) electrons. The maximum Gasteiger partial charge on any atom is 0.494 e. The van der Waals surface area contributed by atoms with Gasteiger partial charge in [0.25, 0.3) is 0 Å². The van der Waals surface area contributed by atoms with Crippen LogP contribution in [0.4, 0.5) is 5.69 Å². The average molecular weight is 285 g/mol. The van der Waals surface area contributed by atoms with Crippen molar-refractivity contribution in [1.82, 2.24) is 9.78 Å². The molecule has 0 aliphatic carbocycles. The highest BCUT2D eigenvalue weighted by molar-refractivity contribution is 6.62. The number of hydrogen-bond donors (Lipinski definition) is 1. The summed E-state index contributed by atoms with van der Waals surface area (Å²) in [4.78, 5) is 0. The van der Waals surface area contributed by atoms with E-state index in [0.29, 0.717) is 5.69 Å². The van der Waals surface area contributed by atoms with Crippen molar-refractivity contribution in [3.63, 3.8) is 0 Å². The van der Waals surface area contributed by atoms with E-state index in [-0.39, 0.29) is 11.2 Å². The molecule has 1 aromatic carbocycles. The van der Waals surface area contributed by atoms with Gasteiger partial charge in [-0.2, -0.15) is 5.10 Å². The van der Waals surface area contributed by atoms with Crippen molar-refractivity contribution < 1.29 is 9.31 Å². The quantitative estimate of drug-likeness (QED) is 0.674. The van der Waals surface area contributed by atoms with Gasteiger partial charge in [0.2, 0.25) is 0 Å². The van der Waals surface area contributed by atoms with Crippen LogP contribution >= 0.6 is 0 Å². The number of benzene rings is 1. The van der Waals surface area contributed by atoms with Gasteiger partial charge < -0.3 is 15.0 Å². The van der Waals surface area contributed by atoms with Gasteiger partial charge >= 0.3 is 7.12 Å². The molecule has 3 rings (SSSR count). The SMILES string of the molecule is CC1(C)OB(c2cc(N)cc(-n3cccn3)c2)OC1(C)C. The molecule has 0 amide bonds. The number of anilines is 1. The molecule has 0 atom stereocenters. The Morgan fingerprint density at radius 1 is 1.10 bits per heavy atom. The Labute approximate surface area is 125 Å². The Morgan fingerprint density at radius 2 is 1.76 bits per heavy atom. The van der Waals surface area contributed by atoms with E-state index in [1.54, 1.807) is 10.9 Å². The molecule has 5 nitrogen and oxygen atoms in total. The van der Waals surface area contributed by atoms with Crippen LogP contribution in [-0.4, -0.2) is 28.1 Å². The topological polar surface area (TPSA) is 62.3 Å². The summed E-state index contributed by atoms with van der Waals surface area (Å²) < 4.78 is 13.9. The number of nitrogen functional groups attached to an aromatic ring is 1. The molecule has 1 fully saturated rings. The minimum Gasteiger partial charge on any atom is -0.399 e. The van der Waals surface area contributed by atoms with Crippen LogP contribution in [-0.2, 0) is 9.31 Å². The lowest BCUT2D eigenvalue weighted by molar-refractivity contribution is 0.00578. The van der Waals surface area contributed by atoms with E-state index in [4.69, 9.17) is 15.0 Å². The highest BCUT2D eigenvalue weighted by Crippen LogP contribution is 2.36. The first-order valence-corrected chi connectivity index (χ1v) is 7.05. The molecule has 21 heavy (non-hydrogen) atoms. The second kappa shape index (κ2) is 4.61. The lowest BCUT2D eigenvalue weighted by atomic mass is 9.78. The molecule has 0 saturated carbocycles. The normalized spacial score (nSPS) is 19.9. The summed E-state index contributed by atoms with van der Waals surface area (Å²) in [5.74, 6) is 0. The summed E-state index contributed by atoms with van der Waals surface area (Å²) in [6, 6.07) is 7.63. The second-order valence-electron chi connectivity index (χ2n) is 6.40. The van der Waals surface area contributed by atoms with Crippen molar-refractivity contribution >= 4 is 18.3 Å². The Morgan fingerprint density at radius 3 is 2.33 bits per heavy atom. The van der Waals surface area contributed by atoms with Gasteiger partial charge in [-0.15, -0.1) is 0 Å². The fourth-order valence-corrected chi connectivity index (χ4v) is 2.33. The van der Waals surface area contributed by atoms with Gasteiger partial charge in [0.05, 0.1) is 16.9 Å². The predicted molar refractivity (Wildman–Crippen MR) is 83.7 cm³/mol. The lowest BCUT2D eigenvalue weighted by Crippen LogP contribution is -2.41. The smallest absolute Gasteiger partial charge is 0.399 e. The van der Waals surface area contributed by atoms with Crippen LogP contribution in [0.5, 0.6) is 0 Å². The monoisotopic (exact) mass is 285 g/mol. The van der Waals surface area contributed by atoms with Gasteiger partial charge in [0.1, 0.15) is 0 Å². The summed E-state index contributed by atoms with van der Waals surface area (Å²) in [6.45, 7) is 8.14. The minimum absolute atomic E-state index is 0.367. The lowest BCUT2D eigenvalue weighted by Gasteiger charge is -2.32. The van der Waals surface area contributed by atoms with Crippen molar-refractivity contribution in [1.29, 1.82) is 0 Å². The third-order valence-electron chi connectivity index (χ3n) is 4.26. The first kappa shape index (κ1) is 14.2. The molecule has 6 heteroatoms. The summed E-state index contributed by atoms with van der Waals surface area (Å²) in [5, 5.41) is 4.23. The van der Waals surface area contributed by atoms with Gasteiger partial charge in [0.15, 0.2) is 0 Å². The third-order valence-corrected chi connectivity index (χ3v) is 4.26. The van der Waals surface area contributed by atoms with E-state index in [1.807, 2.05) is 58.2 Å². The minimum atomic E-state index is -0.423. The van der Waals surface area contributed by atoms with Crippen LogP contribution in [0.15, 0.2) is 36.7 Å². The van der Waals surface area contributed by atoms with Gasteiger partial charge in [-0.1, -0.05) is 0 Å². The van der Waals surface area contributed by atoms with Crippen LogP contribution in [0, 0.1) is 0 Å². The van der Waals surface area contributed by atoms with Crippen LogP contribution in [0.2, 0.25) is 0 Å². The van der Waals surface area contributed by atoms with E-state index < -0.39 is 7.12 Å². The van der Waals surface area contributed by atoms with Crippen LogP contribution in [0.1, 0.15) is 27.7 Å². The van der Waals surface area contributed by atoms with E-state index in [1.165, 1.54) is 0 Å². The highest BCUT2D eigenvalue weighted by atomic mass is 16.7. The predicted octanol–water partition coefficient (Wildman–Crippen LogP) is 1.75. The van der Waals surface area contributed by atoms with Crippen molar-refractivity contribution in [3.05, 3.63) is 36.7 Å². The van der Waals surface area contributed by atoms with Crippen molar-refractivity contribution in [2.75, 3.05) is 5.73 Å². The zero-order valence-electron chi connectivity index (χ0n) is 12.8. The molecule has 1 saturated heterocycles. The fraction of sp³-hybridized carbons (Fsp3) is 0.400. The van der Waals surface area contributed by atoms with Gasteiger partial charge in [-0.05, 0) is 57.4 Å². The first-order valence-electron chi connectivity index (χ1n) is 7.05. The maximum atomic E-state index is 6.07. The number of aromatic nitrogens is 2. The summed E-state index contributed by atoms with van der Waals surface area (Å²) in [7, 11) is -0.423. The van der Waals surface area contributed by atoms with Crippen LogP contribution in [0.25, 0.3) is 5.69 Å². The Hall–Kier alpha value is -1.79. The second-order valence-corrected chi connectivity index (χ2v) is 6.40. The zero-order chi connectivity index (χ0) is 15.3. The fourth-order valence-electron chi connectivity index (χ4n) is 2.33. The maximum absolute atomic E-state index is 6.07. The average Bonchev–Trinajstić information content (AvgIpc) is 2.96. The number of rotatable bonds is 2. The Kier molecular flexibility index (Phi) is 3.11. The number of nitrogens with zero attached hydrogens (tertiary/aromatic N) is 2. The molecule has 2 aromatic rings. The van der Waals surface area contributed by atoms with Gasteiger partial charge in [-0.25, -0.2) is 4.68 Å². The summed E-state index contributed by atoms with van der Waals surface area (Å²) in [6.07, 6.45) is 3.61. The Balaban J connectivity index is 1.97. The Bertz CT molecular complexity index is 637. The third kappa shape index (κ3) is 2.45. The van der Waals surface area contributed by atoms with Gasteiger partial charge in [-0.3, -0.25) is 0 Å². The van der Waals surface area contributed by atoms with Gasteiger partial charge in [0, 0.05) is 18.1 Å². The molecule has 2 heterocycles. The van der Waals surface area contributed by atoms with Crippen molar-refractivity contribution in [2.24, 2.45) is 0 Å². The molecule has 1 aliphatic heterocycles. The summed E-state index contributed by atoms with van der Waals surface area (Å²) in [5.41, 5.74) is 7.74. The van der Waals surface area contributed by atoms with Crippen molar-refractivity contribution in [3.8, 4) is 5.69 Å². The molecule has 0 bridgehead atoms. The first-order chi connectivity index (χ1) is 9.78. The molecule has 1 aliphatic rings. The number of hydrogen-bond acceptors (Lipinski definition) is 4. The van der Waals surface area contributed by atoms with E-state index >= 15 is 0 Å². The van der Waals surface area contributed by atoms with Crippen LogP contribution < -0.4 is 11.2 Å². The van der Waals surface area contributed by atoms with E-state index in [0.717, 1.165) is 11.2 Å². The highest BCUT2D eigenvalue weighted by Gasteiger charge is 2.51. The molecular weight excluding hydrogens is 265 g/mol. The molecule has 1 aromatic heterocycles. The summed E-state index contributed by atoms with van der Waals surface area (Å²) >= 11 is 0. The van der Waals surface area contributed by atoms with E-state index in [9.17, 15) is 0 Å². The molecule has 2 N–H and O–H groups in total. The molecule has 0 unspecified atom stereocenters.